The molecule has 0 aliphatic carbocycles. The van der Waals surface area contributed by atoms with Gasteiger partial charge in [-0.1, -0.05) is 6.07 Å². The molecule has 3 rings (SSSR count). The maximum Gasteiger partial charge on any atom is 0.309 e. The summed E-state index contributed by atoms with van der Waals surface area (Å²) in [4.78, 5) is 12.7. The van der Waals surface area contributed by atoms with Crippen molar-refractivity contribution in [2.24, 2.45) is 5.41 Å². The van der Waals surface area contributed by atoms with Crippen LogP contribution in [-0.4, -0.2) is 32.7 Å². The maximum atomic E-state index is 11.1. The number of fused-ring (bicyclic) bond motifs is 1. The zero-order valence-electron chi connectivity index (χ0n) is 15.3. The van der Waals surface area contributed by atoms with E-state index < -0.39 is 11.4 Å². The molecule has 0 atom stereocenters. The minimum atomic E-state index is -0.781. The van der Waals surface area contributed by atoms with Gasteiger partial charge in [-0.25, -0.2) is 0 Å². The highest BCUT2D eigenvalue weighted by molar-refractivity contribution is 5.74. The lowest BCUT2D eigenvalue weighted by atomic mass is 9.88. The molecular formula is C20H23N3O3. The first kappa shape index (κ1) is 17.9. The summed E-state index contributed by atoms with van der Waals surface area (Å²) in [5.41, 5.74) is 3.01. The summed E-state index contributed by atoms with van der Waals surface area (Å²) in [5, 5.41) is 18.1. The predicted octanol–water partition coefficient (Wildman–Crippen LogP) is 4.00. The van der Waals surface area contributed by atoms with Crippen LogP contribution in [0.1, 0.15) is 32.3 Å². The van der Waals surface area contributed by atoms with Crippen molar-refractivity contribution in [1.82, 2.24) is 15.0 Å². The van der Waals surface area contributed by atoms with E-state index in [4.69, 9.17) is 9.84 Å². The predicted molar refractivity (Wildman–Crippen MR) is 99.7 cm³/mol. The van der Waals surface area contributed by atoms with Crippen molar-refractivity contribution in [3.63, 3.8) is 0 Å². The molecule has 6 nitrogen and oxygen atoms in total. The topological polar surface area (TPSA) is 77.2 Å². The molecule has 2 aromatic carbocycles. The van der Waals surface area contributed by atoms with Crippen molar-refractivity contribution in [2.45, 2.75) is 33.6 Å². The second-order valence-electron chi connectivity index (χ2n) is 7.12. The molecule has 6 heteroatoms. The highest BCUT2D eigenvalue weighted by Crippen LogP contribution is 2.23. The molecule has 0 saturated heterocycles. The Morgan fingerprint density at radius 2 is 1.81 bits per heavy atom. The van der Waals surface area contributed by atoms with E-state index >= 15 is 0 Å². The summed E-state index contributed by atoms with van der Waals surface area (Å²) in [6.07, 6.45) is 1.26. The third-order valence-electron chi connectivity index (χ3n) is 4.40. The molecule has 136 valence electrons. The number of carboxylic acid groups (broad SMARTS) is 1. The maximum absolute atomic E-state index is 11.1. The van der Waals surface area contributed by atoms with Gasteiger partial charge in [0.05, 0.1) is 17.7 Å². The number of nitrogens with zero attached hydrogens (tertiary/aromatic N) is 3. The highest BCUT2D eigenvalue weighted by Gasteiger charge is 2.26. The minimum Gasteiger partial charge on any atom is -0.494 e. The van der Waals surface area contributed by atoms with Crippen molar-refractivity contribution in [3.05, 3.63) is 48.0 Å². The fraction of sp³-hybridized carbons (Fsp3) is 0.350. The van der Waals surface area contributed by atoms with Crippen LogP contribution in [-0.2, 0) is 4.79 Å². The summed E-state index contributed by atoms with van der Waals surface area (Å²) in [6.45, 7) is 5.97. The van der Waals surface area contributed by atoms with Gasteiger partial charge in [-0.05, 0) is 75.6 Å². The van der Waals surface area contributed by atoms with Gasteiger partial charge in [0.25, 0.3) is 0 Å². The van der Waals surface area contributed by atoms with Crippen LogP contribution in [0.5, 0.6) is 5.75 Å². The van der Waals surface area contributed by atoms with Gasteiger partial charge >= 0.3 is 5.97 Å². The Hall–Kier alpha value is -2.89. The summed E-state index contributed by atoms with van der Waals surface area (Å²) in [5.74, 6) is -0.0365. The van der Waals surface area contributed by atoms with E-state index in [9.17, 15) is 4.79 Å². The van der Waals surface area contributed by atoms with Crippen molar-refractivity contribution in [2.75, 3.05) is 6.61 Å². The van der Waals surface area contributed by atoms with Crippen LogP contribution in [0.3, 0.4) is 0 Å². The monoisotopic (exact) mass is 353 g/mol. The number of hydrogen-bond acceptors (Lipinski definition) is 4. The lowest BCUT2D eigenvalue weighted by Gasteiger charge is -2.18. The van der Waals surface area contributed by atoms with Crippen LogP contribution in [0.2, 0.25) is 0 Å². The number of hydrogen-bond donors (Lipinski definition) is 1. The standard InChI is InChI=1S/C20H23N3O3/c1-14-5-10-17-18(13-14)22-23(21-17)15-6-8-16(9-7-15)26-12-4-11-20(2,3)19(24)25/h5-10,13H,4,11-12H2,1-3H3,(H,24,25). The van der Waals surface area contributed by atoms with E-state index in [2.05, 4.69) is 10.2 Å². The normalized spacial score (nSPS) is 11.7. The first-order valence-electron chi connectivity index (χ1n) is 8.65. The molecule has 0 aliphatic heterocycles. The second-order valence-corrected chi connectivity index (χ2v) is 7.12. The van der Waals surface area contributed by atoms with Gasteiger partial charge in [-0.15, -0.1) is 10.2 Å². The quantitative estimate of drug-likeness (QED) is 0.650. The van der Waals surface area contributed by atoms with Crippen molar-refractivity contribution in [3.8, 4) is 11.4 Å². The number of aryl methyl sites for hydroxylation is 1. The summed E-state index contributed by atoms with van der Waals surface area (Å²) in [6, 6.07) is 13.5. The Morgan fingerprint density at radius 3 is 2.50 bits per heavy atom. The Bertz CT molecular complexity index is 914. The third kappa shape index (κ3) is 4.02. The summed E-state index contributed by atoms with van der Waals surface area (Å²) in [7, 11) is 0. The zero-order chi connectivity index (χ0) is 18.7. The van der Waals surface area contributed by atoms with Crippen LogP contribution in [0.4, 0.5) is 0 Å². The molecule has 0 saturated carbocycles. The molecule has 0 unspecified atom stereocenters. The van der Waals surface area contributed by atoms with Crippen molar-refractivity contribution in [1.29, 1.82) is 0 Å². The van der Waals surface area contributed by atoms with Crippen molar-refractivity contribution >= 4 is 17.0 Å². The molecule has 0 amide bonds. The molecule has 3 aromatic rings. The van der Waals surface area contributed by atoms with Crippen LogP contribution in [0.25, 0.3) is 16.7 Å². The molecule has 0 aliphatic rings. The van der Waals surface area contributed by atoms with Gasteiger partial charge in [-0.2, -0.15) is 4.80 Å². The summed E-state index contributed by atoms with van der Waals surface area (Å²) < 4.78 is 5.70. The lowest BCUT2D eigenvalue weighted by Crippen LogP contribution is -2.24. The fourth-order valence-corrected chi connectivity index (χ4v) is 2.63. The largest absolute Gasteiger partial charge is 0.494 e. The SMILES string of the molecule is Cc1ccc2nn(-c3ccc(OCCCC(C)(C)C(=O)O)cc3)nc2c1. The molecule has 26 heavy (non-hydrogen) atoms. The van der Waals surface area contributed by atoms with Crippen LogP contribution in [0.15, 0.2) is 42.5 Å². The van der Waals surface area contributed by atoms with E-state index in [1.807, 2.05) is 49.4 Å². The van der Waals surface area contributed by atoms with E-state index in [0.717, 1.165) is 28.0 Å². The third-order valence-corrected chi connectivity index (χ3v) is 4.40. The summed E-state index contributed by atoms with van der Waals surface area (Å²) >= 11 is 0. The van der Waals surface area contributed by atoms with Gasteiger partial charge in [0.15, 0.2) is 0 Å². The number of aromatic nitrogens is 3. The number of benzene rings is 2. The van der Waals surface area contributed by atoms with Crippen molar-refractivity contribution < 1.29 is 14.6 Å². The number of aliphatic carboxylic acids is 1. The van der Waals surface area contributed by atoms with E-state index in [-0.39, 0.29) is 0 Å². The van der Waals surface area contributed by atoms with Crippen LogP contribution < -0.4 is 4.74 Å². The average molecular weight is 353 g/mol. The molecule has 0 bridgehead atoms. The molecule has 1 heterocycles. The average Bonchev–Trinajstić information content (AvgIpc) is 3.02. The van der Waals surface area contributed by atoms with E-state index in [0.29, 0.717) is 19.4 Å². The lowest BCUT2D eigenvalue weighted by molar-refractivity contribution is -0.147. The van der Waals surface area contributed by atoms with E-state index in [1.165, 1.54) is 0 Å². The number of carbonyl (C=O) groups is 1. The van der Waals surface area contributed by atoms with E-state index in [1.54, 1.807) is 18.6 Å². The molecule has 1 N–H and O–H groups in total. The zero-order valence-corrected chi connectivity index (χ0v) is 15.3. The second kappa shape index (κ2) is 7.15. The number of ether oxygens (including phenoxy) is 1. The van der Waals surface area contributed by atoms with Crippen LogP contribution >= 0.6 is 0 Å². The van der Waals surface area contributed by atoms with Gasteiger partial charge in [0.1, 0.15) is 16.8 Å². The Balaban J connectivity index is 1.60. The van der Waals surface area contributed by atoms with Gasteiger partial charge in [0.2, 0.25) is 0 Å². The van der Waals surface area contributed by atoms with Gasteiger partial charge < -0.3 is 9.84 Å². The molecular weight excluding hydrogens is 330 g/mol. The molecule has 0 spiro atoms. The molecule has 1 aromatic heterocycles. The highest BCUT2D eigenvalue weighted by atomic mass is 16.5. The Kier molecular flexibility index (Phi) is 4.93. The first-order valence-corrected chi connectivity index (χ1v) is 8.65. The molecule has 0 fully saturated rings. The molecule has 0 radical (unpaired) electrons. The Labute approximate surface area is 152 Å². The minimum absolute atomic E-state index is 0.485. The van der Waals surface area contributed by atoms with Crippen LogP contribution in [0, 0.1) is 12.3 Å². The first-order chi connectivity index (χ1) is 12.3. The van der Waals surface area contributed by atoms with Gasteiger partial charge in [-0.3, -0.25) is 4.79 Å². The fourth-order valence-electron chi connectivity index (χ4n) is 2.63. The number of rotatable bonds is 7. The Morgan fingerprint density at radius 1 is 1.12 bits per heavy atom. The number of carboxylic acids is 1. The smallest absolute Gasteiger partial charge is 0.309 e. The van der Waals surface area contributed by atoms with Gasteiger partial charge in [0, 0.05) is 0 Å².